The summed E-state index contributed by atoms with van der Waals surface area (Å²) >= 11 is 7.71. The molecule has 0 saturated heterocycles. The second kappa shape index (κ2) is 14.1. The number of nitrogens with one attached hydrogen (secondary N) is 1. The van der Waals surface area contributed by atoms with Gasteiger partial charge in [0.25, 0.3) is 0 Å². The van der Waals surface area contributed by atoms with Crippen molar-refractivity contribution < 1.29 is 19.1 Å². The van der Waals surface area contributed by atoms with Crippen molar-refractivity contribution in [2.45, 2.75) is 33.7 Å². The van der Waals surface area contributed by atoms with Gasteiger partial charge in [0.1, 0.15) is 6.54 Å². The first-order valence-corrected chi connectivity index (χ1v) is 13.8. The maximum Gasteiger partial charge on any atom is 0.322 e. The third kappa shape index (κ3) is 8.39. The van der Waals surface area contributed by atoms with Crippen molar-refractivity contribution in [1.82, 2.24) is 9.80 Å². The maximum atomic E-state index is 13.7. The topological polar surface area (TPSA) is 71.1 Å². The van der Waals surface area contributed by atoms with Crippen LogP contribution in [0.25, 0.3) is 0 Å². The molecule has 1 aromatic heterocycles. The number of thiophene rings is 1. The van der Waals surface area contributed by atoms with Gasteiger partial charge in [0, 0.05) is 28.7 Å². The minimum atomic E-state index is -0.332. The summed E-state index contributed by atoms with van der Waals surface area (Å²) in [6.45, 7) is 7.49. The van der Waals surface area contributed by atoms with E-state index in [2.05, 4.69) is 11.4 Å². The average Bonchev–Trinajstić information content (AvgIpc) is 3.29. The molecule has 0 radical (unpaired) electrons. The first-order valence-electron chi connectivity index (χ1n) is 12.5. The number of urea groups is 1. The van der Waals surface area contributed by atoms with Gasteiger partial charge in [-0.3, -0.25) is 4.79 Å². The van der Waals surface area contributed by atoms with E-state index in [4.69, 9.17) is 21.1 Å². The molecule has 1 heterocycles. The van der Waals surface area contributed by atoms with Crippen LogP contribution in [0.2, 0.25) is 5.02 Å². The Kier molecular flexibility index (Phi) is 10.9. The molecule has 3 amide bonds. The first-order chi connectivity index (χ1) is 18.2. The van der Waals surface area contributed by atoms with Gasteiger partial charge >= 0.3 is 6.03 Å². The molecule has 0 fully saturated rings. The number of anilines is 1. The molecule has 204 valence electrons. The predicted octanol–water partition coefficient (Wildman–Crippen LogP) is 6.49. The van der Waals surface area contributed by atoms with Crippen LogP contribution in [0.5, 0.6) is 11.5 Å². The molecule has 0 unspecified atom stereocenters. The lowest BCUT2D eigenvalue weighted by molar-refractivity contribution is -0.132. The lowest BCUT2D eigenvalue weighted by Crippen LogP contribution is -2.46. The molecule has 3 rings (SSSR count). The quantitative estimate of drug-likeness (QED) is 0.276. The molecule has 2 aromatic carbocycles. The van der Waals surface area contributed by atoms with Crippen LogP contribution >= 0.6 is 22.9 Å². The largest absolute Gasteiger partial charge is 0.493 e. The Balaban J connectivity index is 1.77. The molecule has 0 atom stereocenters. The SMILES string of the molecule is COc1ccc(CCN(Cc2sccc2C)C(=O)CN(CC(C)C)C(=O)Nc2cccc(Cl)c2)cc1OC. The molecule has 0 saturated carbocycles. The molecular weight excluding hydrogens is 522 g/mol. The Hall–Kier alpha value is -3.23. The summed E-state index contributed by atoms with van der Waals surface area (Å²) in [4.78, 5) is 31.4. The smallest absolute Gasteiger partial charge is 0.322 e. The number of benzene rings is 2. The van der Waals surface area contributed by atoms with E-state index in [1.54, 1.807) is 54.7 Å². The molecule has 9 heteroatoms. The van der Waals surface area contributed by atoms with Gasteiger partial charge in [0.15, 0.2) is 11.5 Å². The van der Waals surface area contributed by atoms with E-state index in [9.17, 15) is 9.59 Å². The van der Waals surface area contributed by atoms with Crippen LogP contribution in [0.15, 0.2) is 53.9 Å². The van der Waals surface area contributed by atoms with Gasteiger partial charge in [-0.15, -0.1) is 11.3 Å². The van der Waals surface area contributed by atoms with E-state index in [-0.39, 0.29) is 24.4 Å². The second-order valence-corrected chi connectivity index (χ2v) is 10.9. The number of amides is 3. The molecule has 7 nitrogen and oxygen atoms in total. The van der Waals surface area contributed by atoms with Crippen LogP contribution in [0.1, 0.15) is 29.9 Å². The van der Waals surface area contributed by atoms with E-state index in [0.717, 1.165) is 16.0 Å². The summed E-state index contributed by atoms with van der Waals surface area (Å²) < 4.78 is 10.8. The van der Waals surface area contributed by atoms with Gasteiger partial charge in [-0.25, -0.2) is 4.79 Å². The molecule has 0 aliphatic heterocycles. The number of hydrogen-bond acceptors (Lipinski definition) is 5. The zero-order valence-corrected chi connectivity index (χ0v) is 24.2. The van der Waals surface area contributed by atoms with Gasteiger partial charge in [0.2, 0.25) is 5.91 Å². The molecule has 0 bridgehead atoms. The number of halogens is 1. The van der Waals surface area contributed by atoms with Crippen molar-refractivity contribution in [2.24, 2.45) is 5.92 Å². The molecule has 0 aliphatic rings. The normalized spacial score (nSPS) is 10.8. The van der Waals surface area contributed by atoms with E-state index in [1.165, 1.54) is 0 Å². The molecule has 0 spiro atoms. The van der Waals surface area contributed by atoms with Crippen LogP contribution in [-0.4, -0.2) is 55.6 Å². The van der Waals surface area contributed by atoms with Crippen molar-refractivity contribution in [3.8, 4) is 11.5 Å². The fraction of sp³-hybridized carbons (Fsp3) is 0.379. The molecule has 0 aliphatic carbocycles. The zero-order chi connectivity index (χ0) is 27.7. The third-order valence-electron chi connectivity index (χ3n) is 6.05. The van der Waals surface area contributed by atoms with Crippen LogP contribution in [0.4, 0.5) is 10.5 Å². The Bertz CT molecular complexity index is 1230. The van der Waals surface area contributed by atoms with Gasteiger partial charge in [0.05, 0.1) is 20.8 Å². The summed E-state index contributed by atoms with van der Waals surface area (Å²) in [7, 11) is 3.21. The number of ether oxygens (including phenoxy) is 2. The van der Waals surface area contributed by atoms with Crippen molar-refractivity contribution in [3.63, 3.8) is 0 Å². The average molecular weight is 558 g/mol. The highest BCUT2D eigenvalue weighted by Gasteiger charge is 2.23. The predicted molar refractivity (Wildman–Crippen MR) is 155 cm³/mol. The number of aryl methyl sites for hydroxylation is 1. The van der Waals surface area contributed by atoms with E-state index in [0.29, 0.717) is 48.3 Å². The number of nitrogens with zero attached hydrogens (tertiary/aromatic N) is 2. The summed E-state index contributed by atoms with van der Waals surface area (Å²) in [6.07, 6.45) is 0.634. The summed E-state index contributed by atoms with van der Waals surface area (Å²) in [5.41, 5.74) is 2.76. The van der Waals surface area contributed by atoms with E-state index < -0.39 is 0 Å². The summed E-state index contributed by atoms with van der Waals surface area (Å²) in [5, 5.41) is 5.44. The minimum absolute atomic E-state index is 0.0268. The third-order valence-corrected chi connectivity index (χ3v) is 7.29. The van der Waals surface area contributed by atoms with E-state index in [1.807, 2.05) is 49.3 Å². The van der Waals surface area contributed by atoms with Crippen LogP contribution < -0.4 is 14.8 Å². The minimum Gasteiger partial charge on any atom is -0.493 e. The highest BCUT2D eigenvalue weighted by Crippen LogP contribution is 2.28. The van der Waals surface area contributed by atoms with Crippen molar-refractivity contribution >= 4 is 40.6 Å². The molecule has 38 heavy (non-hydrogen) atoms. The standard InChI is InChI=1S/C29H36ClN3O4S/c1-20(2)17-33(29(35)31-24-8-6-7-23(30)16-24)19-28(34)32(18-27-21(3)12-14-38-27)13-11-22-9-10-25(36-4)26(15-22)37-5/h6-10,12,14-16,20H,11,13,17-19H2,1-5H3,(H,31,35). The fourth-order valence-electron chi connectivity index (χ4n) is 4.02. The van der Waals surface area contributed by atoms with Crippen LogP contribution in [-0.2, 0) is 17.8 Å². The number of hydrogen-bond donors (Lipinski definition) is 1. The first kappa shape index (κ1) is 29.3. The number of rotatable bonds is 12. The van der Waals surface area contributed by atoms with Crippen LogP contribution in [0, 0.1) is 12.8 Å². The molecule has 1 N–H and O–H groups in total. The Morgan fingerprint density at radius 1 is 1.03 bits per heavy atom. The Morgan fingerprint density at radius 2 is 1.79 bits per heavy atom. The monoisotopic (exact) mass is 557 g/mol. The van der Waals surface area contributed by atoms with Gasteiger partial charge < -0.3 is 24.6 Å². The fourth-order valence-corrected chi connectivity index (χ4v) is 5.13. The highest BCUT2D eigenvalue weighted by molar-refractivity contribution is 7.10. The lowest BCUT2D eigenvalue weighted by Gasteiger charge is -2.29. The Labute approximate surface area is 234 Å². The lowest BCUT2D eigenvalue weighted by atomic mass is 10.1. The number of carbonyl (C=O) groups is 2. The van der Waals surface area contributed by atoms with Crippen molar-refractivity contribution in [2.75, 3.05) is 39.2 Å². The zero-order valence-electron chi connectivity index (χ0n) is 22.6. The maximum absolute atomic E-state index is 13.7. The molecule has 3 aromatic rings. The van der Waals surface area contributed by atoms with Gasteiger partial charge in [-0.2, -0.15) is 0 Å². The van der Waals surface area contributed by atoms with Crippen LogP contribution in [0.3, 0.4) is 0 Å². The second-order valence-electron chi connectivity index (χ2n) is 9.50. The molecular formula is C29H36ClN3O4S. The number of methoxy groups -OCH3 is 2. The van der Waals surface area contributed by atoms with E-state index >= 15 is 0 Å². The van der Waals surface area contributed by atoms with Crippen molar-refractivity contribution in [3.05, 3.63) is 74.9 Å². The highest BCUT2D eigenvalue weighted by atomic mass is 35.5. The summed E-state index contributed by atoms with van der Waals surface area (Å²) in [6, 6.07) is 14.5. The van der Waals surface area contributed by atoms with Crippen molar-refractivity contribution in [1.29, 1.82) is 0 Å². The number of carbonyl (C=O) groups excluding carboxylic acids is 2. The Morgan fingerprint density at radius 3 is 2.42 bits per heavy atom. The summed E-state index contributed by atoms with van der Waals surface area (Å²) in [5.74, 6) is 1.39. The van der Waals surface area contributed by atoms with Gasteiger partial charge in [-0.1, -0.05) is 37.6 Å². The van der Waals surface area contributed by atoms with Gasteiger partial charge in [-0.05, 0) is 72.2 Å².